The number of nitrogens with zero attached hydrogens (tertiary/aromatic N) is 2. The van der Waals surface area contributed by atoms with Gasteiger partial charge >= 0.3 is 6.09 Å². The van der Waals surface area contributed by atoms with Gasteiger partial charge in [-0.2, -0.15) is 17.0 Å². The van der Waals surface area contributed by atoms with Crippen LogP contribution < -0.4 is 5.32 Å². The minimum atomic E-state index is -3.36. The van der Waals surface area contributed by atoms with Gasteiger partial charge in [-0.15, -0.1) is 0 Å². The maximum Gasteiger partial charge on any atom is 0.407 e. The van der Waals surface area contributed by atoms with Crippen LogP contribution in [0, 0.1) is 0 Å². The zero-order valence-electron chi connectivity index (χ0n) is 12.8. The van der Waals surface area contributed by atoms with E-state index in [0.29, 0.717) is 25.9 Å². The molecular weight excluding hydrogens is 282 g/mol. The Morgan fingerprint density at radius 1 is 1.25 bits per heavy atom. The molecule has 0 spiro atoms. The summed E-state index contributed by atoms with van der Waals surface area (Å²) in [7, 11) is -0.329. The van der Waals surface area contributed by atoms with Crippen LogP contribution in [0.3, 0.4) is 0 Å². The lowest BCUT2D eigenvalue weighted by Crippen LogP contribution is -2.50. The number of hydrogen-bond acceptors (Lipinski definition) is 4. The van der Waals surface area contributed by atoms with Crippen molar-refractivity contribution < 1.29 is 17.9 Å². The third kappa shape index (κ3) is 4.92. The van der Waals surface area contributed by atoms with Crippen molar-refractivity contribution in [3.8, 4) is 0 Å². The fourth-order valence-corrected chi connectivity index (χ4v) is 3.07. The van der Waals surface area contributed by atoms with E-state index in [1.54, 1.807) is 20.8 Å². The van der Waals surface area contributed by atoms with E-state index in [9.17, 15) is 13.2 Å². The zero-order valence-corrected chi connectivity index (χ0v) is 13.7. The molecule has 1 fully saturated rings. The Hall–Kier alpha value is -0.860. The van der Waals surface area contributed by atoms with Gasteiger partial charge in [0.1, 0.15) is 5.60 Å². The van der Waals surface area contributed by atoms with Crippen molar-refractivity contribution in [1.29, 1.82) is 0 Å². The van der Waals surface area contributed by atoms with Crippen LogP contribution in [-0.4, -0.2) is 61.9 Å². The second kappa shape index (κ2) is 6.28. The molecule has 1 aliphatic rings. The average molecular weight is 307 g/mol. The quantitative estimate of drug-likeness (QED) is 0.836. The molecule has 0 saturated carbocycles. The summed E-state index contributed by atoms with van der Waals surface area (Å²) >= 11 is 0. The maximum absolute atomic E-state index is 11.9. The van der Waals surface area contributed by atoms with E-state index < -0.39 is 21.9 Å². The van der Waals surface area contributed by atoms with Gasteiger partial charge in [-0.1, -0.05) is 0 Å². The largest absolute Gasteiger partial charge is 0.444 e. The second-order valence-corrected chi connectivity index (χ2v) is 8.25. The highest BCUT2D eigenvalue weighted by Gasteiger charge is 2.30. The van der Waals surface area contributed by atoms with Crippen molar-refractivity contribution in [3.05, 3.63) is 0 Å². The molecule has 1 rings (SSSR count). The first-order valence-electron chi connectivity index (χ1n) is 6.69. The van der Waals surface area contributed by atoms with Crippen LogP contribution in [0.5, 0.6) is 0 Å². The molecule has 118 valence electrons. The highest BCUT2D eigenvalue weighted by Crippen LogP contribution is 2.16. The number of amides is 1. The Morgan fingerprint density at radius 3 is 2.15 bits per heavy atom. The van der Waals surface area contributed by atoms with Crippen LogP contribution in [0.4, 0.5) is 4.79 Å². The number of ether oxygens (including phenoxy) is 1. The molecule has 0 unspecified atom stereocenters. The Bertz CT molecular complexity index is 434. The number of hydrogen-bond donors (Lipinski definition) is 1. The molecular formula is C12H25N3O4S. The molecule has 7 nitrogen and oxygen atoms in total. The van der Waals surface area contributed by atoms with E-state index in [-0.39, 0.29) is 6.04 Å². The first-order chi connectivity index (χ1) is 9.02. The molecule has 0 aromatic heterocycles. The van der Waals surface area contributed by atoms with E-state index >= 15 is 0 Å². The average Bonchev–Trinajstić information content (AvgIpc) is 2.26. The minimum absolute atomic E-state index is 0.0431. The fraction of sp³-hybridized carbons (Fsp3) is 0.917. The highest BCUT2D eigenvalue weighted by atomic mass is 32.2. The summed E-state index contributed by atoms with van der Waals surface area (Å²) in [4.78, 5) is 11.6. The van der Waals surface area contributed by atoms with Crippen molar-refractivity contribution >= 4 is 16.3 Å². The lowest BCUT2D eigenvalue weighted by molar-refractivity contribution is 0.0489. The summed E-state index contributed by atoms with van der Waals surface area (Å²) in [5.41, 5.74) is -0.529. The van der Waals surface area contributed by atoms with Crippen LogP contribution in [-0.2, 0) is 14.9 Å². The van der Waals surface area contributed by atoms with Gasteiger partial charge in [-0.3, -0.25) is 0 Å². The molecule has 0 aliphatic carbocycles. The predicted octanol–water partition coefficient (Wildman–Crippen LogP) is 0.782. The molecule has 0 aromatic carbocycles. The topological polar surface area (TPSA) is 79.0 Å². The Balaban J connectivity index is 2.46. The lowest BCUT2D eigenvalue weighted by Gasteiger charge is -2.33. The van der Waals surface area contributed by atoms with E-state index in [4.69, 9.17) is 4.74 Å². The molecule has 1 amide bonds. The maximum atomic E-state index is 11.9. The monoisotopic (exact) mass is 307 g/mol. The molecule has 8 heteroatoms. The van der Waals surface area contributed by atoms with E-state index in [1.165, 1.54) is 22.7 Å². The van der Waals surface area contributed by atoms with Crippen molar-refractivity contribution in [2.45, 2.75) is 45.3 Å². The van der Waals surface area contributed by atoms with Gasteiger partial charge in [0.25, 0.3) is 10.2 Å². The van der Waals surface area contributed by atoms with Gasteiger partial charge in [0.05, 0.1) is 0 Å². The van der Waals surface area contributed by atoms with Crippen LogP contribution in [0.25, 0.3) is 0 Å². The number of piperidine rings is 1. The van der Waals surface area contributed by atoms with E-state index in [1.807, 2.05) is 0 Å². The molecule has 20 heavy (non-hydrogen) atoms. The second-order valence-electron chi connectivity index (χ2n) is 6.11. The zero-order chi connectivity index (χ0) is 15.6. The molecule has 0 bridgehead atoms. The van der Waals surface area contributed by atoms with Crippen LogP contribution in [0.1, 0.15) is 33.6 Å². The summed E-state index contributed by atoms with van der Waals surface area (Å²) in [5.74, 6) is 0. The van der Waals surface area contributed by atoms with Crippen molar-refractivity contribution in [2.24, 2.45) is 0 Å². The number of carbonyl (C=O) groups is 1. The van der Waals surface area contributed by atoms with Gasteiger partial charge in [-0.05, 0) is 33.6 Å². The molecule has 0 radical (unpaired) electrons. The van der Waals surface area contributed by atoms with Gasteiger partial charge in [-0.25, -0.2) is 4.79 Å². The van der Waals surface area contributed by atoms with Crippen molar-refractivity contribution in [1.82, 2.24) is 13.9 Å². The first kappa shape index (κ1) is 17.2. The number of nitrogens with one attached hydrogen (secondary N) is 1. The van der Waals surface area contributed by atoms with Gasteiger partial charge in [0.15, 0.2) is 0 Å². The SMILES string of the molecule is CN(C)S(=O)(=O)N1CCC(NC(=O)OC(C)(C)C)CC1. The molecule has 1 aliphatic heterocycles. The van der Waals surface area contributed by atoms with Crippen molar-refractivity contribution in [2.75, 3.05) is 27.2 Å². The van der Waals surface area contributed by atoms with Crippen molar-refractivity contribution in [3.63, 3.8) is 0 Å². The summed E-state index contributed by atoms with van der Waals surface area (Å²) in [6.45, 7) is 6.22. The Labute approximate surface area is 121 Å². The highest BCUT2D eigenvalue weighted by molar-refractivity contribution is 7.86. The number of carbonyl (C=O) groups excluding carboxylic acids is 1. The first-order valence-corrected chi connectivity index (χ1v) is 8.09. The Kier molecular flexibility index (Phi) is 5.39. The molecule has 1 N–H and O–H groups in total. The molecule has 1 saturated heterocycles. The normalized spacial score (nSPS) is 19.1. The van der Waals surface area contributed by atoms with E-state index in [0.717, 1.165) is 0 Å². The standard InChI is InChI=1S/C12H25N3O4S/c1-12(2,3)19-11(16)13-10-6-8-15(9-7-10)20(17,18)14(4)5/h10H,6-9H2,1-5H3,(H,13,16). The summed E-state index contributed by atoms with van der Waals surface area (Å²) in [6, 6.07) is -0.0431. The summed E-state index contributed by atoms with van der Waals surface area (Å²) < 4.78 is 31.7. The summed E-state index contributed by atoms with van der Waals surface area (Å²) in [6.07, 6.45) is 0.727. The van der Waals surface area contributed by atoms with Crippen LogP contribution >= 0.6 is 0 Å². The van der Waals surface area contributed by atoms with Gasteiger partial charge in [0.2, 0.25) is 0 Å². The fourth-order valence-electron chi connectivity index (χ4n) is 1.94. The third-order valence-corrected chi connectivity index (χ3v) is 4.90. The smallest absolute Gasteiger partial charge is 0.407 e. The predicted molar refractivity (Wildman–Crippen MR) is 76.6 cm³/mol. The van der Waals surface area contributed by atoms with E-state index in [2.05, 4.69) is 5.32 Å². The van der Waals surface area contributed by atoms with Gasteiger partial charge < -0.3 is 10.1 Å². The number of alkyl carbamates (subject to hydrolysis) is 1. The van der Waals surface area contributed by atoms with Crippen LogP contribution in [0.15, 0.2) is 0 Å². The molecule has 1 heterocycles. The minimum Gasteiger partial charge on any atom is -0.444 e. The Morgan fingerprint density at radius 2 is 1.75 bits per heavy atom. The van der Waals surface area contributed by atoms with Gasteiger partial charge in [0, 0.05) is 33.2 Å². The van der Waals surface area contributed by atoms with Crippen LogP contribution in [0.2, 0.25) is 0 Å². The molecule has 0 atom stereocenters. The lowest BCUT2D eigenvalue weighted by atomic mass is 10.1. The number of rotatable bonds is 3. The summed E-state index contributed by atoms with van der Waals surface area (Å²) in [5, 5.41) is 2.78. The third-order valence-electron chi connectivity index (χ3n) is 2.96. The molecule has 0 aromatic rings.